The molecule has 1 atom stereocenters. The van der Waals surface area contributed by atoms with Gasteiger partial charge < -0.3 is 20.2 Å². The average Bonchev–Trinajstić information content (AvgIpc) is 3.10. The van der Waals surface area contributed by atoms with E-state index in [1.165, 1.54) is 17.4 Å². The van der Waals surface area contributed by atoms with Gasteiger partial charge in [-0.25, -0.2) is 4.79 Å². The molecular formula is C18H24N2O3S. The van der Waals surface area contributed by atoms with Crippen molar-refractivity contribution in [3.05, 3.63) is 59.5 Å². The van der Waals surface area contributed by atoms with Gasteiger partial charge in [0.05, 0.1) is 12.8 Å². The second-order valence-corrected chi connectivity index (χ2v) is 7.00. The maximum absolute atomic E-state index is 11.8. The summed E-state index contributed by atoms with van der Waals surface area (Å²) in [6.07, 6.45) is 1.50. The third-order valence-electron chi connectivity index (χ3n) is 3.57. The fourth-order valence-electron chi connectivity index (χ4n) is 2.10. The Hall–Kier alpha value is -1.92. The van der Waals surface area contributed by atoms with Crippen molar-refractivity contribution in [1.82, 2.24) is 10.6 Å². The minimum atomic E-state index is -1.22. The van der Waals surface area contributed by atoms with Crippen molar-refractivity contribution >= 4 is 17.8 Å². The number of urea groups is 1. The topological polar surface area (TPSA) is 74.5 Å². The van der Waals surface area contributed by atoms with Crippen LogP contribution in [0.3, 0.4) is 0 Å². The van der Waals surface area contributed by atoms with E-state index in [-0.39, 0.29) is 12.6 Å². The lowest BCUT2D eigenvalue weighted by Crippen LogP contribution is -2.43. The first-order chi connectivity index (χ1) is 11.5. The predicted octanol–water partition coefficient (Wildman–Crippen LogP) is 3.03. The van der Waals surface area contributed by atoms with E-state index >= 15 is 0 Å². The Morgan fingerprint density at radius 3 is 2.67 bits per heavy atom. The first kappa shape index (κ1) is 18.4. The highest BCUT2D eigenvalue weighted by atomic mass is 32.2. The molecule has 1 aromatic carbocycles. The third kappa shape index (κ3) is 5.94. The van der Waals surface area contributed by atoms with Crippen LogP contribution in [0.2, 0.25) is 0 Å². The molecule has 5 nitrogen and oxygen atoms in total. The molecular weight excluding hydrogens is 324 g/mol. The normalized spacial score (nSPS) is 13.3. The number of rotatable bonds is 8. The van der Waals surface area contributed by atoms with Crippen molar-refractivity contribution in [1.29, 1.82) is 0 Å². The molecule has 130 valence electrons. The molecule has 6 heteroatoms. The monoisotopic (exact) mass is 348 g/mol. The van der Waals surface area contributed by atoms with Gasteiger partial charge in [-0.05, 0) is 31.5 Å². The van der Waals surface area contributed by atoms with E-state index in [0.29, 0.717) is 12.3 Å². The van der Waals surface area contributed by atoms with E-state index in [1.807, 2.05) is 0 Å². The van der Waals surface area contributed by atoms with E-state index in [2.05, 4.69) is 41.8 Å². The van der Waals surface area contributed by atoms with Gasteiger partial charge in [-0.15, -0.1) is 0 Å². The minimum Gasteiger partial charge on any atom is -0.466 e. The number of amides is 2. The van der Waals surface area contributed by atoms with Gasteiger partial charge >= 0.3 is 6.03 Å². The molecule has 24 heavy (non-hydrogen) atoms. The van der Waals surface area contributed by atoms with Gasteiger partial charge in [0.15, 0.2) is 0 Å². The highest BCUT2D eigenvalue weighted by Gasteiger charge is 2.26. The third-order valence-corrected chi connectivity index (χ3v) is 4.60. The molecule has 0 radical (unpaired) electrons. The summed E-state index contributed by atoms with van der Waals surface area (Å²) in [6.45, 7) is 4.33. The van der Waals surface area contributed by atoms with Crippen LogP contribution in [0.15, 0.2) is 47.1 Å². The molecule has 1 aromatic heterocycles. The smallest absolute Gasteiger partial charge is 0.314 e. The van der Waals surface area contributed by atoms with Gasteiger partial charge in [-0.3, -0.25) is 0 Å². The molecule has 0 spiro atoms. The number of nitrogens with one attached hydrogen (secondary N) is 2. The molecule has 0 aliphatic heterocycles. The van der Waals surface area contributed by atoms with Gasteiger partial charge in [-0.2, -0.15) is 11.8 Å². The van der Waals surface area contributed by atoms with Gasteiger partial charge in [-0.1, -0.05) is 29.8 Å². The molecule has 0 saturated heterocycles. The zero-order valence-corrected chi connectivity index (χ0v) is 14.9. The maximum atomic E-state index is 11.8. The Labute approximate surface area is 146 Å². The molecule has 1 heterocycles. The van der Waals surface area contributed by atoms with Crippen LogP contribution in [0.1, 0.15) is 23.8 Å². The summed E-state index contributed by atoms with van der Waals surface area (Å²) in [4.78, 5) is 11.8. The zero-order chi connectivity index (χ0) is 17.4. The summed E-state index contributed by atoms with van der Waals surface area (Å²) in [5.74, 6) is 2.18. The molecule has 2 amide bonds. The Balaban J connectivity index is 1.59. The predicted molar refractivity (Wildman–Crippen MR) is 97.0 cm³/mol. The first-order valence-electron chi connectivity index (χ1n) is 7.89. The highest BCUT2D eigenvalue weighted by Crippen LogP contribution is 2.19. The van der Waals surface area contributed by atoms with Crippen LogP contribution in [-0.4, -0.2) is 30.0 Å². The van der Waals surface area contributed by atoms with Crippen LogP contribution in [0.25, 0.3) is 0 Å². The van der Waals surface area contributed by atoms with Gasteiger partial charge in [0, 0.05) is 18.1 Å². The molecule has 0 bridgehead atoms. The molecule has 2 aromatic rings. The number of benzene rings is 1. The molecule has 0 aliphatic rings. The Bertz CT molecular complexity index is 624. The lowest BCUT2D eigenvalue weighted by molar-refractivity contribution is 0.0368. The zero-order valence-electron chi connectivity index (χ0n) is 14.0. The molecule has 3 N–H and O–H groups in total. The molecule has 1 unspecified atom stereocenters. The fraction of sp³-hybridized carbons (Fsp3) is 0.389. The highest BCUT2D eigenvalue weighted by molar-refractivity contribution is 7.98. The SMILES string of the molecule is Cc1ccc(CSCCNC(=O)NCC(C)(O)c2ccco2)cc1. The summed E-state index contributed by atoms with van der Waals surface area (Å²) in [5, 5.41) is 15.7. The molecule has 0 fully saturated rings. The lowest BCUT2D eigenvalue weighted by Gasteiger charge is -2.21. The van der Waals surface area contributed by atoms with E-state index in [1.54, 1.807) is 30.8 Å². The summed E-state index contributed by atoms with van der Waals surface area (Å²) in [6, 6.07) is 11.5. The summed E-state index contributed by atoms with van der Waals surface area (Å²) in [7, 11) is 0. The van der Waals surface area contributed by atoms with Gasteiger partial charge in [0.25, 0.3) is 0 Å². The molecule has 0 saturated carbocycles. The second kappa shape index (κ2) is 8.80. The van der Waals surface area contributed by atoms with E-state index in [9.17, 15) is 9.90 Å². The Morgan fingerprint density at radius 1 is 1.25 bits per heavy atom. The number of hydrogen-bond acceptors (Lipinski definition) is 4. The van der Waals surface area contributed by atoms with Crippen LogP contribution < -0.4 is 10.6 Å². The largest absolute Gasteiger partial charge is 0.466 e. The first-order valence-corrected chi connectivity index (χ1v) is 9.04. The van der Waals surface area contributed by atoms with Crippen molar-refractivity contribution in [2.75, 3.05) is 18.8 Å². The fourth-order valence-corrected chi connectivity index (χ4v) is 2.92. The lowest BCUT2D eigenvalue weighted by atomic mass is 10.0. The Kier molecular flexibility index (Phi) is 6.75. The second-order valence-electron chi connectivity index (χ2n) is 5.90. The van der Waals surface area contributed by atoms with Crippen LogP contribution >= 0.6 is 11.8 Å². The molecule has 2 rings (SSSR count). The van der Waals surface area contributed by atoms with Crippen LogP contribution in [0, 0.1) is 6.92 Å². The van der Waals surface area contributed by atoms with E-state index < -0.39 is 5.60 Å². The van der Waals surface area contributed by atoms with Crippen molar-refractivity contribution in [3.63, 3.8) is 0 Å². The minimum absolute atomic E-state index is 0.0862. The summed E-state index contributed by atoms with van der Waals surface area (Å²) >= 11 is 1.77. The van der Waals surface area contributed by atoms with Crippen molar-refractivity contribution < 1.29 is 14.3 Å². The van der Waals surface area contributed by atoms with Crippen LogP contribution in [0.4, 0.5) is 4.79 Å². The number of thioether (sulfide) groups is 1. The summed E-state index contributed by atoms with van der Waals surface area (Å²) in [5.41, 5.74) is 1.32. The molecule has 0 aliphatic carbocycles. The van der Waals surface area contributed by atoms with Crippen molar-refractivity contribution in [3.8, 4) is 0 Å². The maximum Gasteiger partial charge on any atom is 0.314 e. The number of furan rings is 1. The van der Waals surface area contributed by atoms with Crippen LogP contribution in [0.5, 0.6) is 0 Å². The average molecular weight is 348 g/mol. The number of hydrogen-bond donors (Lipinski definition) is 3. The number of aliphatic hydroxyl groups is 1. The van der Waals surface area contributed by atoms with Gasteiger partial charge in [0.1, 0.15) is 11.4 Å². The number of aryl methyl sites for hydroxylation is 1. The summed E-state index contributed by atoms with van der Waals surface area (Å²) < 4.78 is 5.17. The number of carbonyl (C=O) groups is 1. The quantitative estimate of drug-likeness (QED) is 0.641. The number of carbonyl (C=O) groups excluding carboxylic acids is 1. The standard InChI is InChI=1S/C18H24N2O3S/c1-14-5-7-15(8-6-14)12-24-11-9-19-17(21)20-13-18(2,22)16-4-3-10-23-16/h3-8,10,22H,9,11-13H2,1-2H3,(H2,19,20,21). The van der Waals surface area contributed by atoms with E-state index in [0.717, 1.165) is 11.5 Å². The van der Waals surface area contributed by atoms with Crippen molar-refractivity contribution in [2.24, 2.45) is 0 Å². The van der Waals surface area contributed by atoms with Crippen molar-refractivity contribution in [2.45, 2.75) is 25.2 Å². The van der Waals surface area contributed by atoms with E-state index in [4.69, 9.17) is 4.42 Å². The van der Waals surface area contributed by atoms with Crippen LogP contribution in [-0.2, 0) is 11.4 Å². The Morgan fingerprint density at radius 2 is 2.00 bits per heavy atom. The van der Waals surface area contributed by atoms with Gasteiger partial charge in [0.2, 0.25) is 0 Å².